The van der Waals surface area contributed by atoms with Gasteiger partial charge in [-0.25, -0.2) is 4.39 Å². The fourth-order valence-electron chi connectivity index (χ4n) is 2.91. The molecule has 1 aromatic carbocycles. The largest absolute Gasteiger partial charge is 0.392 e. The molecule has 1 atom stereocenters. The molecule has 1 unspecified atom stereocenters. The Morgan fingerprint density at radius 2 is 1.92 bits per heavy atom. The number of ether oxygens (including phenoxy) is 1. The van der Waals surface area contributed by atoms with E-state index in [-0.39, 0.29) is 17.8 Å². The van der Waals surface area contributed by atoms with Crippen molar-refractivity contribution in [2.45, 2.75) is 39.5 Å². The fourth-order valence-corrected chi connectivity index (χ4v) is 2.91. The predicted octanol–water partition coefficient (Wildman–Crippen LogP) is 3.53. The lowest BCUT2D eigenvalue weighted by Gasteiger charge is -2.27. The average molecular weight is 362 g/mol. The molecule has 26 heavy (non-hydrogen) atoms. The minimum absolute atomic E-state index is 0.214. The van der Waals surface area contributed by atoms with E-state index in [0.717, 1.165) is 25.1 Å². The Bertz CT molecular complexity index is 640. The molecule has 0 aliphatic rings. The Balaban J connectivity index is 2.04. The van der Waals surface area contributed by atoms with Crippen LogP contribution >= 0.6 is 0 Å². The first-order valence-electron chi connectivity index (χ1n) is 9.27. The zero-order valence-electron chi connectivity index (χ0n) is 16.1. The maximum absolute atomic E-state index is 13.1. The van der Waals surface area contributed by atoms with Crippen molar-refractivity contribution in [3.05, 3.63) is 59.7 Å². The van der Waals surface area contributed by atoms with Crippen LogP contribution in [0.5, 0.6) is 0 Å². The zero-order valence-corrected chi connectivity index (χ0v) is 16.1. The van der Waals surface area contributed by atoms with E-state index in [1.54, 1.807) is 7.11 Å². The molecule has 0 bridgehead atoms. The topological polar surface area (TPSA) is 37.6 Å². The highest BCUT2D eigenvalue weighted by Crippen LogP contribution is 2.13. The highest BCUT2D eigenvalue weighted by atomic mass is 19.1. The van der Waals surface area contributed by atoms with E-state index < -0.39 is 0 Å². The summed E-state index contributed by atoms with van der Waals surface area (Å²) in [6.07, 6.45) is 2.63. The number of aliphatic hydroxyl groups is 1. The number of aliphatic hydroxyl groups excluding tert-OH is 1. The maximum atomic E-state index is 13.1. The molecule has 4 nitrogen and oxygen atoms in total. The number of hydrogen-bond acceptors (Lipinski definition) is 3. The first kappa shape index (κ1) is 20.6. The predicted molar refractivity (Wildman–Crippen MR) is 103 cm³/mol. The zero-order chi connectivity index (χ0) is 18.9. The van der Waals surface area contributed by atoms with E-state index >= 15 is 0 Å². The van der Waals surface area contributed by atoms with E-state index in [9.17, 15) is 9.50 Å². The van der Waals surface area contributed by atoms with Gasteiger partial charge in [-0.15, -0.1) is 0 Å². The van der Waals surface area contributed by atoms with Crippen molar-refractivity contribution >= 4 is 0 Å². The molecule has 0 aliphatic carbocycles. The molecular formula is C21H31FN2O2. The van der Waals surface area contributed by atoms with Gasteiger partial charge < -0.3 is 14.4 Å². The summed E-state index contributed by atoms with van der Waals surface area (Å²) in [5, 5.41) is 10.3. The van der Waals surface area contributed by atoms with Crippen molar-refractivity contribution in [1.82, 2.24) is 9.47 Å². The third kappa shape index (κ3) is 6.56. The molecule has 0 aliphatic heterocycles. The highest BCUT2D eigenvalue weighted by molar-refractivity contribution is 5.18. The van der Waals surface area contributed by atoms with Gasteiger partial charge in [-0.05, 0) is 42.2 Å². The van der Waals surface area contributed by atoms with Gasteiger partial charge >= 0.3 is 0 Å². The van der Waals surface area contributed by atoms with E-state index in [1.165, 1.54) is 17.8 Å². The molecule has 1 aromatic heterocycles. The fraction of sp³-hybridized carbons (Fsp3) is 0.524. The molecule has 0 saturated heterocycles. The summed E-state index contributed by atoms with van der Waals surface area (Å²) in [5.41, 5.74) is 2.25. The Labute approximate surface area is 156 Å². The lowest BCUT2D eigenvalue weighted by atomic mass is 10.1. The summed E-state index contributed by atoms with van der Waals surface area (Å²) >= 11 is 0. The quantitative estimate of drug-likeness (QED) is 0.622. The third-order valence-corrected chi connectivity index (χ3v) is 4.61. The number of halogens is 1. The van der Waals surface area contributed by atoms with E-state index in [0.29, 0.717) is 19.7 Å². The molecule has 0 saturated carbocycles. The number of benzene rings is 1. The number of aromatic nitrogens is 1. The molecule has 5 heteroatoms. The summed E-state index contributed by atoms with van der Waals surface area (Å²) in [6.45, 7) is 7.78. The Hall–Kier alpha value is -1.69. The Morgan fingerprint density at radius 1 is 1.19 bits per heavy atom. The van der Waals surface area contributed by atoms with E-state index in [4.69, 9.17) is 4.74 Å². The standard InChI is InChI=1S/C21H31FN2O2/c1-17(2)21(25)16-23(11-5-13-26-3)15-20-6-4-12-24(20)14-18-7-9-19(22)10-8-18/h4,6-10,12,17,21,25H,5,11,13-16H2,1-3H3. The molecule has 144 valence electrons. The number of nitrogens with zero attached hydrogens (tertiary/aromatic N) is 2. The average Bonchev–Trinajstić information content (AvgIpc) is 3.03. The highest BCUT2D eigenvalue weighted by Gasteiger charge is 2.16. The molecular weight excluding hydrogens is 331 g/mol. The molecule has 1 heterocycles. The van der Waals surface area contributed by atoms with Gasteiger partial charge in [0.05, 0.1) is 6.10 Å². The van der Waals surface area contributed by atoms with Crippen LogP contribution in [0.4, 0.5) is 4.39 Å². The minimum atomic E-state index is -0.349. The second-order valence-corrected chi connectivity index (χ2v) is 7.15. The van der Waals surface area contributed by atoms with Crippen molar-refractivity contribution in [3.8, 4) is 0 Å². The van der Waals surface area contributed by atoms with Gasteiger partial charge in [-0.2, -0.15) is 0 Å². The van der Waals surface area contributed by atoms with Crippen molar-refractivity contribution in [2.75, 3.05) is 26.8 Å². The lowest BCUT2D eigenvalue weighted by Crippen LogP contribution is -2.36. The minimum Gasteiger partial charge on any atom is -0.392 e. The Kier molecular flexibility index (Phi) is 8.29. The van der Waals surface area contributed by atoms with Crippen LogP contribution in [0.25, 0.3) is 0 Å². The maximum Gasteiger partial charge on any atom is 0.123 e. The molecule has 2 aromatic rings. The number of hydrogen-bond donors (Lipinski definition) is 1. The van der Waals surface area contributed by atoms with Crippen LogP contribution in [-0.2, 0) is 17.8 Å². The molecule has 2 rings (SSSR count). The van der Waals surface area contributed by atoms with Gasteiger partial charge in [-0.1, -0.05) is 26.0 Å². The van der Waals surface area contributed by atoms with Gasteiger partial charge in [0.25, 0.3) is 0 Å². The van der Waals surface area contributed by atoms with Crippen LogP contribution in [-0.4, -0.2) is 47.5 Å². The van der Waals surface area contributed by atoms with Gasteiger partial charge in [0, 0.05) is 51.8 Å². The van der Waals surface area contributed by atoms with Crippen molar-refractivity contribution < 1.29 is 14.2 Å². The molecule has 0 spiro atoms. The number of methoxy groups -OCH3 is 1. The molecule has 1 N–H and O–H groups in total. The summed E-state index contributed by atoms with van der Waals surface area (Å²) in [4.78, 5) is 2.28. The van der Waals surface area contributed by atoms with Gasteiger partial charge in [0.1, 0.15) is 5.82 Å². The SMILES string of the molecule is COCCCN(Cc1cccn1Cc1ccc(F)cc1)CC(O)C(C)C. The van der Waals surface area contributed by atoms with Crippen LogP contribution < -0.4 is 0 Å². The van der Waals surface area contributed by atoms with Gasteiger partial charge in [0.15, 0.2) is 0 Å². The Morgan fingerprint density at radius 3 is 2.58 bits per heavy atom. The third-order valence-electron chi connectivity index (χ3n) is 4.61. The van der Waals surface area contributed by atoms with Crippen molar-refractivity contribution in [3.63, 3.8) is 0 Å². The van der Waals surface area contributed by atoms with Crippen LogP contribution in [0.3, 0.4) is 0 Å². The van der Waals surface area contributed by atoms with Gasteiger partial charge in [-0.3, -0.25) is 4.90 Å². The van der Waals surface area contributed by atoms with Crippen LogP contribution in [0.1, 0.15) is 31.5 Å². The van der Waals surface area contributed by atoms with Gasteiger partial charge in [0.2, 0.25) is 0 Å². The summed E-state index contributed by atoms with van der Waals surface area (Å²) in [5.74, 6) is 0.0133. The van der Waals surface area contributed by atoms with Crippen LogP contribution in [0.2, 0.25) is 0 Å². The van der Waals surface area contributed by atoms with E-state index in [1.807, 2.05) is 38.2 Å². The second kappa shape index (κ2) is 10.5. The van der Waals surface area contributed by atoms with Crippen molar-refractivity contribution in [1.29, 1.82) is 0 Å². The first-order chi connectivity index (χ1) is 12.5. The number of rotatable bonds is 11. The summed E-state index contributed by atoms with van der Waals surface area (Å²) in [7, 11) is 1.71. The van der Waals surface area contributed by atoms with E-state index in [2.05, 4.69) is 15.5 Å². The molecule has 0 amide bonds. The molecule has 0 radical (unpaired) electrons. The molecule has 0 fully saturated rings. The smallest absolute Gasteiger partial charge is 0.123 e. The van der Waals surface area contributed by atoms with Crippen LogP contribution in [0.15, 0.2) is 42.6 Å². The summed E-state index contributed by atoms with van der Waals surface area (Å²) in [6, 6.07) is 10.8. The first-order valence-corrected chi connectivity index (χ1v) is 9.27. The van der Waals surface area contributed by atoms with Crippen molar-refractivity contribution in [2.24, 2.45) is 5.92 Å². The van der Waals surface area contributed by atoms with Crippen LogP contribution in [0, 0.1) is 11.7 Å². The summed E-state index contributed by atoms with van der Waals surface area (Å²) < 4.78 is 20.4. The second-order valence-electron chi connectivity index (χ2n) is 7.15. The normalized spacial score (nSPS) is 12.9. The monoisotopic (exact) mass is 362 g/mol. The lowest BCUT2D eigenvalue weighted by molar-refractivity contribution is 0.0674.